The smallest absolute Gasteiger partial charge is 0.287 e. The highest BCUT2D eigenvalue weighted by Gasteiger charge is 2.29. The summed E-state index contributed by atoms with van der Waals surface area (Å²) in [4.78, 5) is 25.2. The molecular formula is C21H26N6O2. The zero-order valence-corrected chi connectivity index (χ0v) is 16.6. The van der Waals surface area contributed by atoms with Crippen molar-refractivity contribution in [2.75, 3.05) is 20.3 Å². The number of aromatic nitrogens is 4. The molecule has 1 saturated carbocycles. The van der Waals surface area contributed by atoms with Gasteiger partial charge in [0.25, 0.3) is 5.91 Å². The zero-order valence-electron chi connectivity index (χ0n) is 16.6. The summed E-state index contributed by atoms with van der Waals surface area (Å²) in [6, 6.07) is 4.48. The largest absolute Gasteiger partial charge is 0.385 e. The molecule has 8 heteroatoms. The van der Waals surface area contributed by atoms with Crippen LogP contribution in [0.4, 0.5) is 0 Å². The second-order valence-corrected chi connectivity index (χ2v) is 7.68. The first-order valence-electron chi connectivity index (χ1n) is 10.2. The molecule has 3 aromatic heterocycles. The number of nitrogens with one attached hydrogen (secondary N) is 2. The molecule has 3 heterocycles. The minimum absolute atomic E-state index is 0.167. The first kappa shape index (κ1) is 19.4. The predicted octanol–water partition coefficient (Wildman–Crippen LogP) is 3.32. The van der Waals surface area contributed by atoms with Gasteiger partial charge in [-0.25, -0.2) is 9.97 Å². The Bertz CT molecular complexity index is 1040. The van der Waals surface area contributed by atoms with Gasteiger partial charge in [-0.15, -0.1) is 0 Å². The monoisotopic (exact) mass is 394 g/mol. The van der Waals surface area contributed by atoms with E-state index in [9.17, 15) is 4.79 Å². The summed E-state index contributed by atoms with van der Waals surface area (Å²) >= 11 is 0. The van der Waals surface area contributed by atoms with Crippen molar-refractivity contribution in [3.05, 3.63) is 24.3 Å². The van der Waals surface area contributed by atoms with Crippen LogP contribution in [-0.2, 0) is 4.74 Å². The Kier molecular flexibility index (Phi) is 5.76. The quantitative estimate of drug-likeness (QED) is 0.598. The van der Waals surface area contributed by atoms with Crippen LogP contribution < -0.4 is 5.32 Å². The SMILES string of the molecule is COCCCNC(=O)c1nc2cnc3[nH]ccc3c2n1[C@H]1CC[C@H](CC#N)CC1. The average molecular weight is 394 g/mol. The van der Waals surface area contributed by atoms with E-state index in [1.54, 1.807) is 13.3 Å². The van der Waals surface area contributed by atoms with E-state index in [2.05, 4.69) is 30.9 Å². The molecular weight excluding hydrogens is 368 g/mol. The molecule has 4 rings (SSSR count). The second-order valence-electron chi connectivity index (χ2n) is 7.68. The number of hydrogen-bond acceptors (Lipinski definition) is 5. The lowest BCUT2D eigenvalue weighted by Gasteiger charge is -2.29. The van der Waals surface area contributed by atoms with Gasteiger partial charge < -0.3 is 19.6 Å². The zero-order chi connectivity index (χ0) is 20.2. The first-order chi connectivity index (χ1) is 14.2. The highest BCUT2D eigenvalue weighted by atomic mass is 16.5. The normalized spacial score (nSPS) is 19.4. The molecule has 3 aromatic rings. The summed E-state index contributed by atoms with van der Waals surface area (Å²) in [6.45, 7) is 1.15. The van der Waals surface area contributed by atoms with Gasteiger partial charge in [-0.05, 0) is 44.1 Å². The van der Waals surface area contributed by atoms with E-state index in [1.807, 2.05) is 12.3 Å². The minimum Gasteiger partial charge on any atom is -0.385 e. The van der Waals surface area contributed by atoms with Crippen LogP contribution in [0, 0.1) is 17.2 Å². The molecule has 1 fully saturated rings. The maximum absolute atomic E-state index is 13.0. The van der Waals surface area contributed by atoms with Crippen molar-refractivity contribution in [2.45, 2.75) is 44.6 Å². The standard InChI is InChI=1S/C21H26N6O2/c1-29-12-2-10-24-21(28)20-26-17-13-25-19-16(8-11-23-19)18(17)27(20)15-5-3-14(4-6-15)7-9-22/h8,11,13-15H,2-7,10,12H2,1H3,(H,23,25)(H,24,28)/t14-,15-. The molecule has 1 aliphatic carbocycles. The van der Waals surface area contributed by atoms with Crippen LogP contribution in [-0.4, -0.2) is 45.7 Å². The number of rotatable bonds is 7. The summed E-state index contributed by atoms with van der Waals surface area (Å²) in [7, 11) is 1.65. The van der Waals surface area contributed by atoms with Crippen molar-refractivity contribution >= 4 is 28.0 Å². The van der Waals surface area contributed by atoms with Crippen LogP contribution in [0.1, 0.15) is 55.2 Å². The number of carbonyl (C=O) groups is 1. The number of nitrogens with zero attached hydrogens (tertiary/aromatic N) is 4. The van der Waals surface area contributed by atoms with Gasteiger partial charge in [-0.2, -0.15) is 5.26 Å². The summed E-state index contributed by atoms with van der Waals surface area (Å²) in [6.07, 6.45) is 8.83. The van der Waals surface area contributed by atoms with Gasteiger partial charge in [-0.3, -0.25) is 4.79 Å². The van der Waals surface area contributed by atoms with Crippen LogP contribution in [0.3, 0.4) is 0 Å². The van der Waals surface area contributed by atoms with Crippen LogP contribution >= 0.6 is 0 Å². The van der Waals surface area contributed by atoms with Gasteiger partial charge in [0.05, 0.1) is 17.8 Å². The van der Waals surface area contributed by atoms with Crippen LogP contribution in [0.15, 0.2) is 18.5 Å². The number of carbonyl (C=O) groups excluding carboxylic acids is 1. The van der Waals surface area contributed by atoms with Crippen molar-refractivity contribution in [3.8, 4) is 6.07 Å². The fourth-order valence-corrected chi connectivity index (χ4v) is 4.34. The molecule has 0 aromatic carbocycles. The van der Waals surface area contributed by atoms with Crippen molar-refractivity contribution in [3.63, 3.8) is 0 Å². The molecule has 1 amide bonds. The highest BCUT2D eigenvalue weighted by Crippen LogP contribution is 2.37. The van der Waals surface area contributed by atoms with E-state index >= 15 is 0 Å². The number of methoxy groups -OCH3 is 1. The van der Waals surface area contributed by atoms with E-state index in [0.29, 0.717) is 31.3 Å². The number of amides is 1. The Morgan fingerprint density at radius 2 is 2.24 bits per heavy atom. The number of aromatic amines is 1. The third-order valence-corrected chi connectivity index (χ3v) is 5.81. The number of H-pyrrole nitrogens is 1. The van der Waals surface area contributed by atoms with E-state index in [0.717, 1.165) is 54.2 Å². The Labute approximate surface area is 169 Å². The summed E-state index contributed by atoms with van der Waals surface area (Å²) in [5.41, 5.74) is 2.49. The molecule has 0 bridgehead atoms. The molecule has 0 radical (unpaired) electrons. The van der Waals surface area contributed by atoms with Crippen molar-refractivity contribution < 1.29 is 9.53 Å². The van der Waals surface area contributed by atoms with Gasteiger partial charge in [-0.1, -0.05) is 0 Å². The topological polar surface area (TPSA) is 109 Å². The number of ether oxygens (including phenoxy) is 1. The lowest BCUT2D eigenvalue weighted by Crippen LogP contribution is -2.30. The summed E-state index contributed by atoms with van der Waals surface area (Å²) in [5.74, 6) is 0.725. The molecule has 2 N–H and O–H groups in total. The third kappa shape index (κ3) is 3.83. The molecule has 0 aliphatic heterocycles. The Balaban J connectivity index is 1.70. The third-order valence-electron chi connectivity index (χ3n) is 5.81. The van der Waals surface area contributed by atoms with Crippen LogP contribution in [0.5, 0.6) is 0 Å². The summed E-state index contributed by atoms with van der Waals surface area (Å²) < 4.78 is 7.17. The lowest BCUT2D eigenvalue weighted by molar-refractivity contribution is 0.0929. The van der Waals surface area contributed by atoms with E-state index in [1.165, 1.54) is 0 Å². The van der Waals surface area contributed by atoms with Gasteiger partial charge in [0.1, 0.15) is 11.2 Å². The second kappa shape index (κ2) is 8.62. The first-order valence-corrected chi connectivity index (χ1v) is 10.2. The van der Waals surface area contributed by atoms with E-state index < -0.39 is 0 Å². The molecule has 0 saturated heterocycles. The van der Waals surface area contributed by atoms with Crippen molar-refractivity contribution in [1.82, 2.24) is 24.8 Å². The highest BCUT2D eigenvalue weighted by molar-refractivity contribution is 6.04. The van der Waals surface area contributed by atoms with E-state index in [4.69, 9.17) is 10.00 Å². The molecule has 8 nitrogen and oxygen atoms in total. The number of hydrogen-bond donors (Lipinski definition) is 2. The van der Waals surface area contributed by atoms with Gasteiger partial charge >= 0.3 is 0 Å². The van der Waals surface area contributed by atoms with Gasteiger partial charge in [0.15, 0.2) is 5.82 Å². The lowest BCUT2D eigenvalue weighted by atomic mass is 9.84. The maximum atomic E-state index is 13.0. The summed E-state index contributed by atoms with van der Waals surface area (Å²) in [5, 5.41) is 13.0. The average Bonchev–Trinajstić information content (AvgIpc) is 3.36. The number of pyridine rings is 1. The molecule has 0 unspecified atom stereocenters. The van der Waals surface area contributed by atoms with Crippen molar-refractivity contribution in [1.29, 1.82) is 5.26 Å². The molecule has 1 aliphatic rings. The molecule has 0 spiro atoms. The van der Waals surface area contributed by atoms with Crippen LogP contribution in [0.2, 0.25) is 0 Å². The van der Waals surface area contributed by atoms with Crippen LogP contribution in [0.25, 0.3) is 22.1 Å². The molecule has 152 valence electrons. The Morgan fingerprint density at radius 3 is 3.00 bits per heavy atom. The minimum atomic E-state index is -0.167. The fourth-order valence-electron chi connectivity index (χ4n) is 4.34. The van der Waals surface area contributed by atoms with Gasteiger partial charge in [0.2, 0.25) is 0 Å². The number of fused-ring (bicyclic) bond motifs is 3. The predicted molar refractivity (Wildman–Crippen MR) is 109 cm³/mol. The van der Waals surface area contributed by atoms with E-state index in [-0.39, 0.29) is 11.9 Å². The maximum Gasteiger partial charge on any atom is 0.287 e. The fraction of sp³-hybridized carbons (Fsp3) is 0.524. The van der Waals surface area contributed by atoms with Crippen molar-refractivity contribution in [2.24, 2.45) is 5.92 Å². The Morgan fingerprint density at radius 1 is 1.41 bits per heavy atom. The number of nitriles is 1. The molecule has 0 atom stereocenters. The van der Waals surface area contributed by atoms with Gasteiger partial charge in [0, 0.05) is 44.3 Å². The molecule has 29 heavy (non-hydrogen) atoms. The number of imidazole rings is 1. The Hall–Kier alpha value is -2.92.